The van der Waals surface area contributed by atoms with Gasteiger partial charge in [0.05, 0.1) is 11.0 Å². The molecule has 156 valence electrons. The second-order valence-electron chi connectivity index (χ2n) is 9.01. The number of imidazole rings is 1. The van der Waals surface area contributed by atoms with Crippen molar-refractivity contribution in [3.63, 3.8) is 0 Å². The van der Waals surface area contributed by atoms with Crippen LogP contribution in [0.5, 0.6) is 0 Å². The molecular formula is C23H26FN5O. The van der Waals surface area contributed by atoms with Crippen LogP contribution in [0.2, 0.25) is 0 Å². The summed E-state index contributed by atoms with van der Waals surface area (Å²) in [5.41, 5.74) is 4.66. The number of rotatable bonds is 3. The fraction of sp³-hybridized carbons (Fsp3) is 0.522. The van der Waals surface area contributed by atoms with Crippen molar-refractivity contribution in [2.45, 2.75) is 63.3 Å². The second-order valence-corrected chi connectivity index (χ2v) is 9.01. The number of benzene rings is 1. The minimum atomic E-state index is -0.237. The van der Waals surface area contributed by atoms with Crippen molar-refractivity contribution in [3.05, 3.63) is 46.8 Å². The lowest BCUT2D eigenvalue weighted by molar-refractivity contribution is 0.0687. The maximum Gasteiger partial charge on any atom is 0.274 e. The molecule has 1 saturated heterocycles. The number of likely N-dealkylation sites (tertiary alicyclic amines) is 1. The van der Waals surface area contributed by atoms with E-state index in [1.807, 2.05) is 11.0 Å². The zero-order valence-electron chi connectivity index (χ0n) is 17.0. The molecule has 0 spiro atoms. The number of halogens is 1. The van der Waals surface area contributed by atoms with Crippen LogP contribution >= 0.6 is 0 Å². The molecule has 2 aromatic heterocycles. The Morgan fingerprint density at radius 1 is 1.10 bits per heavy atom. The maximum atomic E-state index is 13.8. The Balaban J connectivity index is 1.25. The van der Waals surface area contributed by atoms with E-state index in [0.29, 0.717) is 17.7 Å². The van der Waals surface area contributed by atoms with E-state index in [2.05, 4.69) is 14.8 Å². The van der Waals surface area contributed by atoms with Gasteiger partial charge in [0.2, 0.25) is 0 Å². The summed E-state index contributed by atoms with van der Waals surface area (Å²) < 4.78 is 16.1. The molecule has 7 heteroatoms. The van der Waals surface area contributed by atoms with Gasteiger partial charge < -0.3 is 9.47 Å². The number of carbonyl (C=O) groups excluding carboxylic acids is 1. The summed E-state index contributed by atoms with van der Waals surface area (Å²) in [6.45, 7) is 1.44. The summed E-state index contributed by atoms with van der Waals surface area (Å²) in [5.74, 6) is 1.41. The smallest absolute Gasteiger partial charge is 0.274 e. The molecule has 30 heavy (non-hydrogen) atoms. The van der Waals surface area contributed by atoms with Crippen molar-refractivity contribution in [1.29, 1.82) is 0 Å². The number of carbonyl (C=O) groups is 1. The molecule has 1 amide bonds. The predicted octanol–water partition coefficient (Wildman–Crippen LogP) is 4.13. The molecule has 3 aromatic rings. The number of hydrogen-bond acceptors (Lipinski definition) is 3. The summed E-state index contributed by atoms with van der Waals surface area (Å²) in [6.07, 6.45) is 8.39. The molecule has 1 aliphatic heterocycles. The summed E-state index contributed by atoms with van der Waals surface area (Å²) in [5, 5.41) is 7.37. The van der Waals surface area contributed by atoms with Crippen molar-refractivity contribution in [2.75, 3.05) is 13.1 Å². The van der Waals surface area contributed by atoms with E-state index in [0.717, 1.165) is 86.2 Å². The molecule has 1 saturated carbocycles. The number of H-pyrrole nitrogens is 1. The predicted molar refractivity (Wildman–Crippen MR) is 111 cm³/mol. The van der Waals surface area contributed by atoms with Gasteiger partial charge in [0.25, 0.3) is 5.91 Å². The Morgan fingerprint density at radius 3 is 2.70 bits per heavy atom. The lowest BCUT2D eigenvalue weighted by Crippen LogP contribution is -2.40. The molecule has 1 aromatic carbocycles. The molecule has 0 radical (unpaired) electrons. The van der Waals surface area contributed by atoms with Gasteiger partial charge >= 0.3 is 0 Å². The topological polar surface area (TPSA) is 66.8 Å². The fourth-order valence-corrected chi connectivity index (χ4v) is 5.40. The fourth-order valence-electron chi connectivity index (χ4n) is 5.40. The third-order valence-corrected chi connectivity index (χ3v) is 7.27. The number of aryl methyl sites for hydroxylation is 1. The van der Waals surface area contributed by atoms with Crippen molar-refractivity contribution in [2.24, 2.45) is 0 Å². The van der Waals surface area contributed by atoms with E-state index in [9.17, 15) is 9.18 Å². The van der Waals surface area contributed by atoms with E-state index < -0.39 is 0 Å². The molecule has 3 heterocycles. The maximum absolute atomic E-state index is 13.8. The largest absolute Gasteiger partial charge is 0.337 e. The van der Waals surface area contributed by atoms with Gasteiger partial charge in [-0.15, -0.1) is 0 Å². The lowest BCUT2D eigenvalue weighted by Gasteiger charge is -2.35. The van der Waals surface area contributed by atoms with Crippen molar-refractivity contribution < 1.29 is 9.18 Å². The van der Waals surface area contributed by atoms with Crippen LogP contribution in [0.4, 0.5) is 4.39 Å². The number of piperidine rings is 1. The summed E-state index contributed by atoms with van der Waals surface area (Å²) in [4.78, 5) is 19.9. The summed E-state index contributed by atoms with van der Waals surface area (Å²) >= 11 is 0. The van der Waals surface area contributed by atoms with E-state index in [1.165, 1.54) is 12.5 Å². The first-order valence-corrected chi connectivity index (χ1v) is 11.2. The first kappa shape index (κ1) is 18.1. The number of fused-ring (bicyclic) bond motifs is 2. The van der Waals surface area contributed by atoms with Crippen LogP contribution in [0.3, 0.4) is 0 Å². The second kappa shape index (κ2) is 6.93. The van der Waals surface area contributed by atoms with Gasteiger partial charge in [-0.1, -0.05) is 6.42 Å². The number of nitrogens with one attached hydrogen (secondary N) is 1. The van der Waals surface area contributed by atoms with Crippen LogP contribution in [0.25, 0.3) is 11.0 Å². The monoisotopic (exact) mass is 407 g/mol. The van der Waals surface area contributed by atoms with Crippen LogP contribution in [-0.4, -0.2) is 43.6 Å². The standard InChI is InChI=1S/C23H26FN5O/c24-15-7-8-20-19(13-15)25-22(14-3-1-4-14)29(20)16-9-11-28(12-10-16)23(30)21-17-5-2-6-18(17)26-27-21/h7-8,13-14,16H,1-6,9-12H2,(H,26,27). The number of nitrogens with zero attached hydrogens (tertiary/aromatic N) is 4. The number of aromatic amines is 1. The van der Waals surface area contributed by atoms with E-state index in [1.54, 1.807) is 6.07 Å². The Hall–Kier alpha value is -2.70. The molecule has 1 N–H and O–H groups in total. The third kappa shape index (κ3) is 2.78. The van der Waals surface area contributed by atoms with Gasteiger partial charge in [-0.3, -0.25) is 9.89 Å². The van der Waals surface area contributed by atoms with Crippen molar-refractivity contribution in [3.8, 4) is 0 Å². The molecular weight excluding hydrogens is 381 g/mol. The van der Waals surface area contributed by atoms with Gasteiger partial charge in [-0.25, -0.2) is 9.37 Å². The highest BCUT2D eigenvalue weighted by Gasteiger charge is 2.33. The van der Waals surface area contributed by atoms with Gasteiger partial charge in [0.15, 0.2) is 5.69 Å². The van der Waals surface area contributed by atoms with E-state index >= 15 is 0 Å². The molecule has 6 nitrogen and oxygen atoms in total. The van der Waals surface area contributed by atoms with Crippen LogP contribution < -0.4 is 0 Å². The Bertz CT molecular complexity index is 1120. The number of hydrogen-bond donors (Lipinski definition) is 1. The highest BCUT2D eigenvalue weighted by Crippen LogP contribution is 2.40. The summed E-state index contributed by atoms with van der Waals surface area (Å²) in [7, 11) is 0. The van der Waals surface area contributed by atoms with Gasteiger partial charge in [0, 0.05) is 42.4 Å². The number of aromatic nitrogens is 4. The normalized spacial score (nSPS) is 20.0. The average Bonchev–Trinajstić information content (AvgIpc) is 3.40. The Labute approximate surface area is 174 Å². The average molecular weight is 407 g/mol. The highest BCUT2D eigenvalue weighted by molar-refractivity contribution is 5.94. The molecule has 6 rings (SSSR count). The minimum absolute atomic E-state index is 0.0598. The SMILES string of the molecule is O=C(c1n[nH]c2c1CCC2)N1CCC(n2c(C3CCC3)nc3cc(F)ccc32)CC1. The van der Waals surface area contributed by atoms with Crippen LogP contribution in [0.15, 0.2) is 18.2 Å². The summed E-state index contributed by atoms with van der Waals surface area (Å²) in [6, 6.07) is 5.24. The Kier molecular flexibility index (Phi) is 4.18. The zero-order chi connectivity index (χ0) is 20.2. The van der Waals surface area contributed by atoms with Gasteiger partial charge in [-0.2, -0.15) is 5.10 Å². The highest BCUT2D eigenvalue weighted by atomic mass is 19.1. The quantitative estimate of drug-likeness (QED) is 0.710. The zero-order valence-corrected chi connectivity index (χ0v) is 17.0. The molecule has 0 bridgehead atoms. The van der Waals surface area contributed by atoms with Crippen LogP contribution in [0, 0.1) is 5.82 Å². The van der Waals surface area contributed by atoms with Crippen LogP contribution in [0.1, 0.15) is 78.1 Å². The minimum Gasteiger partial charge on any atom is -0.337 e. The number of amides is 1. The van der Waals surface area contributed by atoms with Gasteiger partial charge in [-0.05, 0) is 57.1 Å². The molecule has 2 fully saturated rings. The van der Waals surface area contributed by atoms with Crippen molar-refractivity contribution >= 4 is 16.9 Å². The molecule has 3 aliphatic rings. The third-order valence-electron chi connectivity index (χ3n) is 7.27. The van der Waals surface area contributed by atoms with Crippen molar-refractivity contribution in [1.82, 2.24) is 24.6 Å². The molecule has 0 atom stereocenters. The van der Waals surface area contributed by atoms with Gasteiger partial charge in [0.1, 0.15) is 11.6 Å². The Morgan fingerprint density at radius 2 is 1.93 bits per heavy atom. The van der Waals surface area contributed by atoms with E-state index in [4.69, 9.17) is 4.98 Å². The first-order chi connectivity index (χ1) is 14.7. The van der Waals surface area contributed by atoms with Crippen LogP contribution in [-0.2, 0) is 12.8 Å². The first-order valence-electron chi connectivity index (χ1n) is 11.2. The molecule has 2 aliphatic carbocycles. The van der Waals surface area contributed by atoms with E-state index in [-0.39, 0.29) is 11.7 Å². The molecule has 0 unspecified atom stereocenters. The lowest BCUT2D eigenvalue weighted by atomic mass is 9.84.